The van der Waals surface area contributed by atoms with Gasteiger partial charge < -0.3 is 14.7 Å². The lowest BCUT2D eigenvalue weighted by Crippen LogP contribution is -2.36. The number of ether oxygens (including phenoxy) is 1. The van der Waals surface area contributed by atoms with Crippen LogP contribution < -0.4 is 10.3 Å². The van der Waals surface area contributed by atoms with Crippen LogP contribution in [0, 0.1) is 0 Å². The number of rotatable bonds is 4. The molecule has 0 radical (unpaired) electrons. The van der Waals surface area contributed by atoms with Gasteiger partial charge in [0.25, 0.3) is 5.91 Å². The van der Waals surface area contributed by atoms with E-state index in [1.165, 1.54) is 18.2 Å². The number of benzene rings is 2. The number of morpholine rings is 1. The number of phenols is 1. The molecule has 2 aromatic carbocycles. The fourth-order valence-electron chi connectivity index (χ4n) is 2.68. The monoisotopic (exact) mass is 373 g/mol. The Morgan fingerprint density at radius 1 is 1.19 bits per heavy atom. The second kappa shape index (κ2) is 8.21. The highest BCUT2D eigenvalue weighted by Crippen LogP contribution is 2.21. The van der Waals surface area contributed by atoms with Gasteiger partial charge in [-0.1, -0.05) is 23.7 Å². The molecule has 136 valence electrons. The summed E-state index contributed by atoms with van der Waals surface area (Å²) in [4.78, 5) is 14.4. The molecule has 1 amide bonds. The van der Waals surface area contributed by atoms with Gasteiger partial charge in [0.1, 0.15) is 5.75 Å². The highest BCUT2D eigenvalue weighted by molar-refractivity contribution is 6.31. The lowest BCUT2D eigenvalue weighted by molar-refractivity contribution is 0.0952. The van der Waals surface area contributed by atoms with E-state index in [2.05, 4.69) is 15.4 Å². The number of halogens is 1. The van der Waals surface area contributed by atoms with E-state index in [9.17, 15) is 9.90 Å². The van der Waals surface area contributed by atoms with Gasteiger partial charge in [0.05, 0.1) is 24.5 Å². The molecule has 2 N–H and O–H groups in total. The molecule has 3 rings (SSSR count). The summed E-state index contributed by atoms with van der Waals surface area (Å²) in [5.41, 5.74) is 5.22. The highest BCUT2D eigenvalue weighted by Gasteiger charge is 2.12. The number of phenolic OH excluding ortho intramolecular Hbond substituents is 1. The Bertz CT molecular complexity index is 815. The van der Waals surface area contributed by atoms with E-state index in [0.29, 0.717) is 10.7 Å². The van der Waals surface area contributed by atoms with Crippen molar-refractivity contribution in [2.75, 3.05) is 31.2 Å². The molecule has 0 unspecified atom stereocenters. The Hall–Kier alpha value is -2.57. The zero-order valence-electron chi connectivity index (χ0n) is 14.4. The number of amides is 1. The standard InChI is InChI=1S/C19H20ClN3O3/c1-13(21-22-19(25)17-12-15(20)4-7-18(17)24)14-2-5-16(6-3-14)23-8-10-26-11-9-23/h2-7,12,24H,8-11H2,1H3,(H,22,25)/b21-13-. The molecule has 1 aliphatic rings. The van der Waals surface area contributed by atoms with E-state index in [1.807, 2.05) is 31.2 Å². The minimum atomic E-state index is -0.519. The van der Waals surface area contributed by atoms with Gasteiger partial charge in [-0.2, -0.15) is 5.10 Å². The summed E-state index contributed by atoms with van der Waals surface area (Å²) in [5, 5.41) is 14.2. The molecule has 0 spiro atoms. The number of aromatic hydroxyl groups is 1. The van der Waals surface area contributed by atoms with Gasteiger partial charge >= 0.3 is 0 Å². The van der Waals surface area contributed by atoms with Crippen LogP contribution in [0.5, 0.6) is 5.75 Å². The van der Waals surface area contributed by atoms with E-state index in [1.54, 1.807) is 0 Å². The normalized spacial score (nSPS) is 15.0. The minimum Gasteiger partial charge on any atom is -0.507 e. The largest absolute Gasteiger partial charge is 0.507 e. The highest BCUT2D eigenvalue weighted by atomic mass is 35.5. The maximum atomic E-state index is 12.2. The number of nitrogens with one attached hydrogen (secondary N) is 1. The molecule has 0 aliphatic carbocycles. The Labute approximate surface area is 157 Å². The maximum absolute atomic E-state index is 12.2. The van der Waals surface area contributed by atoms with Crippen molar-refractivity contribution in [2.24, 2.45) is 5.10 Å². The molecule has 26 heavy (non-hydrogen) atoms. The first-order valence-electron chi connectivity index (χ1n) is 8.31. The molecule has 1 saturated heterocycles. The summed E-state index contributed by atoms with van der Waals surface area (Å²) >= 11 is 5.86. The van der Waals surface area contributed by atoms with Crippen molar-refractivity contribution in [2.45, 2.75) is 6.92 Å². The number of hydrazone groups is 1. The Morgan fingerprint density at radius 2 is 1.88 bits per heavy atom. The molecule has 2 aromatic rings. The second-order valence-corrected chi connectivity index (χ2v) is 6.38. The third kappa shape index (κ3) is 4.33. The van der Waals surface area contributed by atoms with Gasteiger partial charge in [-0.05, 0) is 42.8 Å². The van der Waals surface area contributed by atoms with Gasteiger partial charge in [0.2, 0.25) is 0 Å². The first-order chi connectivity index (χ1) is 12.5. The van der Waals surface area contributed by atoms with Crippen LogP contribution in [0.4, 0.5) is 5.69 Å². The van der Waals surface area contributed by atoms with E-state index in [4.69, 9.17) is 16.3 Å². The van der Waals surface area contributed by atoms with Crippen molar-refractivity contribution >= 4 is 28.9 Å². The second-order valence-electron chi connectivity index (χ2n) is 5.95. The lowest BCUT2D eigenvalue weighted by Gasteiger charge is -2.28. The zero-order chi connectivity index (χ0) is 18.5. The van der Waals surface area contributed by atoms with Crippen LogP contribution in [0.25, 0.3) is 0 Å². The molecule has 1 aliphatic heterocycles. The summed E-state index contributed by atoms with van der Waals surface area (Å²) in [6.07, 6.45) is 0. The molecule has 0 saturated carbocycles. The van der Waals surface area contributed by atoms with Crippen molar-refractivity contribution in [1.82, 2.24) is 5.43 Å². The van der Waals surface area contributed by atoms with Crippen LogP contribution in [-0.4, -0.2) is 43.0 Å². The van der Waals surface area contributed by atoms with Crippen molar-refractivity contribution in [3.63, 3.8) is 0 Å². The molecule has 0 atom stereocenters. The van der Waals surface area contributed by atoms with Crippen LogP contribution in [0.15, 0.2) is 47.6 Å². The van der Waals surface area contributed by atoms with E-state index < -0.39 is 5.91 Å². The average Bonchev–Trinajstić information content (AvgIpc) is 2.68. The van der Waals surface area contributed by atoms with Crippen LogP contribution in [0.1, 0.15) is 22.8 Å². The number of nitrogens with zero attached hydrogens (tertiary/aromatic N) is 2. The van der Waals surface area contributed by atoms with Crippen LogP contribution in [0.2, 0.25) is 5.02 Å². The van der Waals surface area contributed by atoms with E-state index >= 15 is 0 Å². The molecule has 6 nitrogen and oxygen atoms in total. The van der Waals surface area contributed by atoms with Gasteiger partial charge in [0.15, 0.2) is 0 Å². The summed E-state index contributed by atoms with van der Waals surface area (Å²) in [5.74, 6) is -0.663. The lowest BCUT2D eigenvalue weighted by atomic mass is 10.1. The fourth-order valence-corrected chi connectivity index (χ4v) is 2.86. The Morgan fingerprint density at radius 3 is 2.58 bits per heavy atom. The van der Waals surface area contributed by atoms with Crippen molar-refractivity contribution in [3.8, 4) is 5.75 Å². The first kappa shape index (κ1) is 18.2. The SMILES string of the molecule is C/C(=N/NC(=O)c1cc(Cl)ccc1O)c1ccc(N2CCOCC2)cc1. The smallest absolute Gasteiger partial charge is 0.275 e. The maximum Gasteiger partial charge on any atom is 0.275 e. The van der Waals surface area contributed by atoms with Gasteiger partial charge in [0, 0.05) is 23.8 Å². The van der Waals surface area contributed by atoms with Crippen molar-refractivity contribution in [1.29, 1.82) is 0 Å². The first-order valence-corrected chi connectivity index (χ1v) is 8.68. The summed E-state index contributed by atoms with van der Waals surface area (Å²) in [6.45, 7) is 5.05. The summed E-state index contributed by atoms with van der Waals surface area (Å²) in [6, 6.07) is 12.3. The Balaban J connectivity index is 1.67. The summed E-state index contributed by atoms with van der Waals surface area (Å²) in [7, 11) is 0. The number of carbonyl (C=O) groups is 1. The number of hydrogen-bond acceptors (Lipinski definition) is 5. The zero-order valence-corrected chi connectivity index (χ0v) is 15.2. The quantitative estimate of drug-likeness (QED) is 0.638. The molecular formula is C19H20ClN3O3. The Kier molecular flexibility index (Phi) is 5.75. The third-order valence-electron chi connectivity index (χ3n) is 4.19. The third-order valence-corrected chi connectivity index (χ3v) is 4.42. The fraction of sp³-hybridized carbons (Fsp3) is 0.263. The van der Waals surface area contributed by atoms with Crippen LogP contribution >= 0.6 is 11.6 Å². The van der Waals surface area contributed by atoms with E-state index in [0.717, 1.165) is 37.6 Å². The molecular weight excluding hydrogens is 354 g/mol. The predicted octanol–water partition coefficient (Wildman–Crippen LogP) is 3.04. The molecule has 1 heterocycles. The topological polar surface area (TPSA) is 74.2 Å². The molecule has 1 fully saturated rings. The van der Waals surface area contributed by atoms with Crippen LogP contribution in [-0.2, 0) is 4.74 Å². The number of carbonyl (C=O) groups excluding carboxylic acids is 1. The molecule has 0 aromatic heterocycles. The van der Waals surface area contributed by atoms with Crippen molar-refractivity contribution < 1.29 is 14.6 Å². The predicted molar refractivity (Wildman–Crippen MR) is 102 cm³/mol. The number of hydrogen-bond donors (Lipinski definition) is 2. The number of anilines is 1. The van der Waals surface area contributed by atoms with Crippen LogP contribution in [0.3, 0.4) is 0 Å². The van der Waals surface area contributed by atoms with E-state index in [-0.39, 0.29) is 11.3 Å². The average molecular weight is 374 g/mol. The van der Waals surface area contributed by atoms with Gasteiger partial charge in [-0.25, -0.2) is 5.43 Å². The minimum absolute atomic E-state index is 0.0803. The molecule has 0 bridgehead atoms. The summed E-state index contributed by atoms with van der Waals surface area (Å²) < 4.78 is 5.36. The van der Waals surface area contributed by atoms with Gasteiger partial charge in [-0.15, -0.1) is 0 Å². The van der Waals surface area contributed by atoms with Crippen molar-refractivity contribution in [3.05, 3.63) is 58.6 Å². The van der Waals surface area contributed by atoms with Gasteiger partial charge in [-0.3, -0.25) is 4.79 Å². The molecule has 7 heteroatoms.